The van der Waals surface area contributed by atoms with Crippen LogP contribution >= 0.6 is 23.4 Å². The second-order valence-electron chi connectivity index (χ2n) is 4.58. The van der Waals surface area contributed by atoms with Crippen LogP contribution in [0.5, 0.6) is 0 Å². The van der Waals surface area contributed by atoms with Gasteiger partial charge in [0.1, 0.15) is 0 Å². The van der Waals surface area contributed by atoms with Gasteiger partial charge in [-0.2, -0.15) is 0 Å². The molecule has 0 N–H and O–H groups in total. The van der Waals surface area contributed by atoms with Crippen LogP contribution < -0.4 is 0 Å². The smallest absolute Gasteiger partial charge is 0.181 e. The summed E-state index contributed by atoms with van der Waals surface area (Å²) in [5.41, 5.74) is 2.11. The van der Waals surface area contributed by atoms with Crippen molar-refractivity contribution in [2.45, 2.75) is 17.4 Å². The summed E-state index contributed by atoms with van der Waals surface area (Å²) in [5.74, 6) is 0. The van der Waals surface area contributed by atoms with Crippen LogP contribution in [0.1, 0.15) is 11.1 Å². The second-order valence-corrected chi connectivity index (χ2v) is 6.18. The average Bonchev–Trinajstić information content (AvgIpc) is 2.81. The molecule has 2 aliphatic rings. The fraction of sp³-hybridized carbons (Fsp3) is 0.462. The van der Waals surface area contributed by atoms with Gasteiger partial charge in [0.15, 0.2) is 10.9 Å². The fourth-order valence-corrected chi connectivity index (χ4v) is 4.69. The number of hydrogen-bond acceptors (Lipinski definition) is 3. The predicted octanol–water partition coefficient (Wildman–Crippen LogP) is 2.73. The molecule has 2 atom stereocenters. The third-order valence-electron chi connectivity index (χ3n) is 3.83. The number of benzene rings is 1. The number of ether oxygens (including phenoxy) is 1. The van der Waals surface area contributed by atoms with Crippen LogP contribution in [0, 0.1) is 0 Å². The van der Waals surface area contributed by atoms with Crippen molar-refractivity contribution in [2.24, 2.45) is 4.99 Å². The van der Waals surface area contributed by atoms with Gasteiger partial charge in [0.25, 0.3) is 0 Å². The van der Waals surface area contributed by atoms with E-state index in [2.05, 4.69) is 16.0 Å². The third kappa shape index (κ3) is 1.40. The quantitative estimate of drug-likeness (QED) is 0.792. The highest BCUT2D eigenvalue weighted by atomic mass is 35.5. The molecule has 1 aliphatic carbocycles. The van der Waals surface area contributed by atoms with Crippen molar-refractivity contribution in [2.75, 3.05) is 21.2 Å². The molecule has 1 heterocycles. The van der Waals surface area contributed by atoms with Crippen LogP contribution in [-0.2, 0) is 16.9 Å². The molecule has 3 nitrogen and oxygen atoms in total. The molecule has 0 spiro atoms. The van der Waals surface area contributed by atoms with Gasteiger partial charge in [0.2, 0.25) is 0 Å². The highest BCUT2D eigenvalue weighted by Gasteiger charge is 2.57. The molecule has 0 radical (unpaired) electrons. The van der Waals surface area contributed by atoms with E-state index in [0.29, 0.717) is 5.25 Å². The molecule has 3 rings (SSSR count). The van der Waals surface area contributed by atoms with Crippen molar-refractivity contribution in [1.82, 2.24) is 4.90 Å². The van der Waals surface area contributed by atoms with E-state index >= 15 is 0 Å². The van der Waals surface area contributed by atoms with Gasteiger partial charge in [0, 0.05) is 31.8 Å². The minimum Gasteiger partial charge on any atom is -0.353 e. The number of halogens is 1. The zero-order chi connectivity index (χ0) is 12.9. The molecule has 0 saturated carbocycles. The first-order valence-corrected chi connectivity index (χ1v) is 7.10. The molecule has 18 heavy (non-hydrogen) atoms. The van der Waals surface area contributed by atoms with E-state index in [0.717, 1.165) is 16.6 Å². The number of thioether (sulfide) groups is 1. The first kappa shape index (κ1) is 12.3. The number of hydrogen-bond donors (Lipinski definition) is 0. The Bertz CT molecular complexity index is 534. The molecule has 2 unspecified atom stereocenters. The molecule has 5 heteroatoms. The van der Waals surface area contributed by atoms with Crippen LogP contribution in [0.3, 0.4) is 0 Å². The molecule has 1 aliphatic heterocycles. The summed E-state index contributed by atoms with van der Waals surface area (Å²) >= 11 is 7.86. The zero-order valence-corrected chi connectivity index (χ0v) is 12.2. The summed E-state index contributed by atoms with van der Waals surface area (Å²) in [6.07, 6.45) is 0.970. The topological polar surface area (TPSA) is 24.8 Å². The van der Waals surface area contributed by atoms with Crippen molar-refractivity contribution in [3.8, 4) is 0 Å². The van der Waals surface area contributed by atoms with Crippen molar-refractivity contribution in [3.63, 3.8) is 0 Å². The lowest BCUT2D eigenvalue weighted by atomic mass is 10.0. The lowest BCUT2D eigenvalue weighted by Crippen LogP contribution is -2.45. The molecule has 96 valence electrons. The molecule has 0 aromatic heterocycles. The van der Waals surface area contributed by atoms with E-state index in [1.807, 2.05) is 26.2 Å². The normalized spacial score (nSPS) is 31.9. The monoisotopic (exact) mass is 282 g/mol. The molecule has 1 saturated heterocycles. The van der Waals surface area contributed by atoms with Crippen LogP contribution in [0.2, 0.25) is 5.02 Å². The Hall–Kier alpha value is -0.710. The van der Waals surface area contributed by atoms with E-state index < -0.39 is 0 Å². The van der Waals surface area contributed by atoms with Gasteiger partial charge in [-0.25, -0.2) is 0 Å². The van der Waals surface area contributed by atoms with E-state index in [-0.39, 0.29) is 5.72 Å². The Balaban J connectivity index is 2.17. The Labute approximate surface area is 116 Å². The van der Waals surface area contributed by atoms with Crippen molar-refractivity contribution in [1.29, 1.82) is 0 Å². The van der Waals surface area contributed by atoms with Crippen molar-refractivity contribution in [3.05, 3.63) is 34.3 Å². The van der Waals surface area contributed by atoms with Crippen molar-refractivity contribution < 1.29 is 4.74 Å². The largest absolute Gasteiger partial charge is 0.353 e. The summed E-state index contributed by atoms with van der Waals surface area (Å²) in [7, 11) is 5.64. The molecule has 1 aromatic carbocycles. The predicted molar refractivity (Wildman–Crippen MR) is 76.3 cm³/mol. The number of amidine groups is 1. The van der Waals surface area contributed by atoms with Crippen LogP contribution in [0.15, 0.2) is 23.2 Å². The minimum absolute atomic E-state index is 0.347. The van der Waals surface area contributed by atoms with Gasteiger partial charge in [0.05, 0.1) is 5.25 Å². The lowest BCUT2D eigenvalue weighted by Gasteiger charge is -2.35. The van der Waals surface area contributed by atoms with Gasteiger partial charge >= 0.3 is 0 Å². The maximum atomic E-state index is 6.08. The molecular weight excluding hydrogens is 268 g/mol. The molecule has 0 bridgehead atoms. The zero-order valence-electron chi connectivity index (χ0n) is 10.6. The first-order chi connectivity index (χ1) is 8.63. The van der Waals surface area contributed by atoms with Gasteiger partial charge in [-0.3, -0.25) is 4.99 Å². The number of methoxy groups -OCH3 is 1. The fourth-order valence-electron chi connectivity index (χ4n) is 3.04. The Kier molecular flexibility index (Phi) is 2.84. The highest BCUT2D eigenvalue weighted by molar-refractivity contribution is 8.14. The summed E-state index contributed by atoms with van der Waals surface area (Å²) in [6, 6.07) is 6.06. The van der Waals surface area contributed by atoms with Gasteiger partial charge < -0.3 is 9.64 Å². The molecule has 0 amide bonds. The summed E-state index contributed by atoms with van der Waals surface area (Å²) in [4.78, 5) is 6.47. The van der Waals surface area contributed by atoms with Gasteiger partial charge in [-0.1, -0.05) is 29.4 Å². The Morgan fingerprint density at radius 3 is 3.00 bits per heavy atom. The van der Waals surface area contributed by atoms with Crippen molar-refractivity contribution >= 4 is 28.5 Å². The Morgan fingerprint density at radius 2 is 2.33 bits per heavy atom. The molecule has 1 fully saturated rings. The standard InChI is InChI=1S/C13H15ClN2OS/c1-15-12-16(2)13(17-3)10-5-4-9(14)6-8(10)7-11(13)18-12/h4-6,11H,7H2,1-3H3. The average molecular weight is 283 g/mol. The summed E-state index contributed by atoms with van der Waals surface area (Å²) in [6.45, 7) is 0. The van der Waals surface area contributed by atoms with E-state index in [1.165, 1.54) is 11.1 Å². The minimum atomic E-state index is -0.389. The second kappa shape index (κ2) is 4.15. The lowest BCUT2D eigenvalue weighted by molar-refractivity contribution is -0.0876. The molecule has 1 aromatic rings. The Morgan fingerprint density at radius 1 is 1.56 bits per heavy atom. The van der Waals surface area contributed by atoms with Crippen LogP contribution in [0.4, 0.5) is 0 Å². The van der Waals surface area contributed by atoms with Crippen LogP contribution in [-0.4, -0.2) is 36.5 Å². The maximum Gasteiger partial charge on any atom is 0.181 e. The molecular formula is C13H15ClN2OS. The third-order valence-corrected chi connectivity index (χ3v) is 5.50. The SMILES string of the molecule is CN=C1SC2Cc3cc(Cl)ccc3C2(OC)N1C. The highest BCUT2D eigenvalue weighted by Crippen LogP contribution is 2.53. The number of nitrogens with zero attached hydrogens (tertiary/aromatic N) is 2. The van der Waals surface area contributed by atoms with Gasteiger partial charge in [-0.15, -0.1) is 0 Å². The number of aliphatic imine (C=N–C) groups is 1. The summed E-state index contributed by atoms with van der Waals surface area (Å²) in [5, 5.41) is 2.17. The summed E-state index contributed by atoms with van der Waals surface area (Å²) < 4.78 is 5.91. The number of rotatable bonds is 1. The first-order valence-electron chi connectivity index (χ1n) is 5.84. The maximum absolute atomic E-state index is 6.08. The van der Waals surface area contributed by atoms with Crippen LogP contribution in [0.25, 0.3) is 0 Å². The number of fused-ring (bicyclic) bond motifs is 3. The van der Waals surface area contributed by atoms with E-state index in [9.17, 15) is 0 Å². The van der Waals surface area contributed by atoms with E-state index in [4.69, 9.17) is 16.3 Å². The van der Waals surface area contributed by atoms with E-state index in [1.54, 1.807) is 18.9 Å². The van der Waals surface area contributed by atoms with Gasteiger partial charge in [-0.05, 0) is 24.1 Å².